The fraction of sp³-hybridized carbons (Fsp3) is 0.800. The lowest BCUT2D eigenvalue weighted by molar-refractivity contribution is 0.123. The molecule has 0 spiro atoms. The number of amidine groups is 2. The Hall–Kier alpha value is -1.68. The van der Waals surface area contributed by atoms with Gasteiger partial charge in [-0.25, -0.2) is 16.1 Å². The summed E-state index contributed by atoms with van der Waals surface area (Å²) in [5.41, 5.74) is 11.1. The van der Waals surface area contributed by atoms with E-state index >= 15 is 0 Å². The number of hydrazone groups is 1. The van der Waals surface area contributed by atoms with Crippen molar-refractivity contribution in [3.8, 4) is 0 Å². The first-order valence-corrected chi connectivity index (χ1v) is 9.83. The van der Waals surface area contributed by atoms with Crippen molar-refractivity contribution in [2.45, 2.75) is 57.7 Å². The lowest BCUT2D eigenvalue weighted by Crippen LogP contribution is -2.48. The van der Waals surface area contributed by atoms with Crippen molar-refractivity contribution in [1.82, 2.24) is 10.5 Å². The van der Waals surface area contributed by atoms with E-state index in [1.807, 2.05) is 0 Å². The molecule has 10 heteroatoms. The second-order valence-electron chi connectivity index (χ2n) is 6.51. The molecule has 0 aromatic rings. The standard InChI is InChI=1S/C15H24N8OS/c1-2-8-25-15-18-13(20-16)12-14(19-15)23(22-21-12)11-6-5-10(9-11)4-3-7-17-24/h10-11,14,16,22H,2-9H2,1H3/t10-,11+,14?/m1/s1. The maximum atomic E-state index is 10.2. The average molecular weight is 364 g/mol. The van der Waals surface area contributed by atoms with Gasteiger partial charge in [0.2, 0.25) is 5.84 Å². The number of rotatable bonds is 7. The fourth-order valence-electron chi connectivity index (χ4n) is 3.56. The van der Waals surface area contributed by atoms with E-state index in [2.05, 4.69) is 37.9 Å². The molecule has 3 atom stereocenters. The molecule has 0 bridgehead atoms. The number of hydrazine groups is 1. The number of aliphatic imine (C=N–C) groups is 2. The van der Waals surface area contributed by atoms with Crippen LogP contribution in [-0.4, -0.2) is 46.2 Å². The Labute approximate surface area is 151 Å². The summed E-state index contributed by atoms with van der Waals surface area (Å²) in [4.78, 5) is 19.3. The Balaban J connectivity index is 1.65. The van der Waals surface area contributed by atoms with E-state index in [0.29, 0.717) is 35.2 Å². The van der Waals surface area contributed by atoms with Gasteiger partial charge in [-0.1, -0.05) is 23.9 Å². The van der Waals surface area contributed by atoms with E-state index in [1.54, 1.807) is 11.8 Å². The quantitative estimate of drug-likeness (QED) is 0.410. The summed E-state index contributed by atoms with van der Waals surface area (Å²) in [7, 11) is 0. The Morgan fingerprint density at radius 3 is 3.08 bits per heavy atom. The highest BCUT2D eigenvalue weighted by molar-refractivity contribution is 8.13. The second-order valence-corrected chi connectivity index (χ2v) is 7.58. The molecule has 0 amide bonds. The predicted molar refractivity (Wildman–Crippen MR) is 100.0 cm³/mol. The molecule has 0 aromatic carbocycles. The monoisotopic (exact) mass is 364 g/mol. The minimum absolute atomic E-state index is 0.249. The molecule has 1 aliphatic carbocycles. The number of hydrogen-bond donors (Lipinski definition) is 2. The van der Waals surface area contributed by atoms with Crippen LogP contribution in [0.5, 0.6) is 0 Å². The predicted octanol–water partition coefficient (Wildman–Crippen LogP) is 3.15. The largest absolute Gasteiger partial charge is 0.237 e. The molecule has 25 heavy (non-hydrogen) atoms. The topological polar surface area (TPSA) is 118 Å². The molecule has 2 N–H and O–H groups in total. The van der Waals surface area contributed by atoms with Crippen LogP contribution in [0, 0.1) is 16.4 Å². The van der Waals surface area contributed by atoms with Crippen molar-refractivity contribution in [3.63, 3.8) is 0 Å². The lowest BCUT2D eigenvalue weighted by Gasteiger charge is -2.28. The second kappa shape index (κ2) is 8.61. The molecule has 2 heterocycles. The summed E-state index contributed by atoms with van der Waals surface area (Å²) in [5.74, 6) is 1.91. The molecule has 2 aliphatic heterocycles. The van der Waals surface area contributed by atoms with Crippen LogP contribution in [-0.2, 0) is 0 Å². The molecular formula is C15H24N8OS. The summed E-state index contributed by atoms with van der Waals surface area (Å²) < 4.78 is 0. The maximum absolute atomic E-state index is 10.2. The minimum Gasteiger partial charge on any atom is -0.237 e. The summed E-state index contributed by atoms with van der Waals surface area (Å²) >= 11 is 1.59. The van der Waals surface area contributed by atoms with Crippen LogP contribution in [0.15, 0.2) is 25.4 Å². The Morgan fingerprint density at radius 1 is 1.44 bits per heavy atom. The van der Waals surface area contributed by atoms with Gasteiger partial charge in [-0.2, -0.15) is 20.0 Å². The highest BCUT2D eigenvalue weighted by Crippen LogP contribution is 2.34. The molecule has 9 nitrogen and oxygen atoms in total. The zero-order valence-electron chi connectivity index (χ0n) is 14.4. The first-order chi connectivity index (χ1) is 12.3. The van der Waals surface area contributed by atoms with E-state index in [-0.39, 0.29) is 6.17 Å². The summed E-state index contributed by atoms with van der Waals surface area (Å²) in [6.45, 7) is 2.52. The van der Waals surface area contributed by atoms with Crippen molar-refractivity contribution in [2.75, 3.05) is 12.3 Å². The molecule has 136 valence electrons. The highest BCUT2D eigenvalue weighted by Gasteiger charge is 2.41. The smallest absolute Gasteiger partial charge is 0.203 e. The third-order valence-corrected chi connectivity index (χ3v) is 5.83. The van der Waals surface area contributed by atoms with Crippen molar-refractivity contribution in [1.29, 1.82) is 5.53 Å². The van der Waals surface area contributed by atoms with Gasteiger partial charge in [-0.05, 0) is 44.4 Å². The number of fused-ring (bicyclic) bond motifs is 1. The van der Waals surface area contributed by atoms with Crippen LogP contribution in [0.2, 0.25) is 0 Å². The molecule has 3 aliphatic rings. The number of thioether (sulfide) groups is 1. The molecule has 1 fully saturated rings. The lowest BCUT2D eigenvalue weighted by atomic mass is 10.0. The number of nitrogens with one attached hydrogen (secondary N) is 2. The molecule has 0 saturated heterocycles. The van der Waals surface area contributed by atoms with Crippen LogP contribution in [0.25, 0.3) is 0 Å². The normalized spacial score (nSPS) is 28.7. The van der Waals surface area contributed by atoms with Gasteiger partial charge in [0, 0.05) is 11.8 Å². The van der Waals surface area contributed by atoms with Crippen molar-refractivity contribution >= 4 is 28.5 Å². The Kier molecular flexibility index (Phi) is 6.24. The number of nitroso groups, excluding NO2 is 1. The number of nitrogens with zero attached hydrogens (tertiary/aromatic N) is 6. The van der Waals surface area contributed by atoms with Crippen molar-refractivity contribution < 1.29 is 0 Å². The zero-order valence-corrected chi connectivity index (χ0v) is 15.2. The van der Waals surface area contributed by atoms with Crippen LogP contribution < -0.4 is 5.53 Å². The molecule has 0 aromatic heterocycles. The molecule has 1 saturated carbocycles. The van der Waals surface area contributed by atoms with Gasteiger partial charge in [-0.15, -0.1) is 5.11 Å². The van der Waals surface area contributed by atoms with E-state index in [1.165, 1.54) is 0 Å². The molecule has 1 unspecified atom stereocenters. The Morgan fingerprint density at radius 2 is 2.32 bits per heavy atom. The third-order valence-electron chi connectivity index (χ3n) is 4.77. The summed E-state index contributed by atoms with van der Waals surface area (Å²) in [6, 6.07) is 0.340. The van der Waals surface area contributed by atoms with Gasteiger partial charge in [0.05, 0.1) is 6.54 Å². The van der Waals surface area contributed by atoms with E-state index < -0.39 is 0 Å². The highest BCUT2D eigenvalue weighted by atomic mass is 32.2. The van der Waals surface area contributed by atoms with Gasteiger partial charge < -0.3 is 0 Å². The zero-order chi connectivity index (χ0) is 17.6. The van der Waals surface area contributed by atoms with Gasteiger partial charge in [0.25, 0.3) is 0 Å². The fourth-order valence-corrected chi connectivity index (χ4v) is 4.27. The van der Waals surface area contributed by atoms with E-state index in [4.69, 9.17) is 10.5 Å². The average Bonchev–Trinajstić information content (AvgIpc) is 3.26. The van der Waals surface area contributed by atoms with Gasteiger partial charge >= 0.3 is 0 Å². The summed E-state index contributed by atoms with van der Waals surface area (Å²) in [5, 5.41) is 13.6. The summed E-state index contributed by atoms with van der Waals surface area (Å²) in [6.07, 6.45) is 5.98. The van der Waals surface area contributed by atoms with Crippen molar-refractivity contribution in [2.24, 2.45) is 31.3 Å². The maximum Gasteiger partial charge on any atom is 0.203 e. The van der Waals surface area contributed by atoms with Gasteiger partial charge in [0.15, 0.2) is 11.3 Å². The molecule has 0 radical (unpaired) electrons. The first kappa shape index (κ1) is 18.1. The van der Waals surface area contributed by atoms with Crippen LogP contribution in [0.1, 0.15) is 45.4 Å². The third kappa shape index (κ3) is 4.12. The Bertz CT molecular complexity index is 604. The molecule has 3 rings (SSSR count). The van der Waals surface area contributed by atoms with Crippen LogP contribution >= 0.6 is 11.8 Å². The van der Waals surface area contributed by atoms with Crippen molar-refractivity contribution in [3.05, 3.63) is 4.91 Å². The minimum atomic E-state index is -0.249. The van der Waals surface area contributed by atoms with Gasteiger partial charge in [0.1, 0.15) is 5.71 Å². The van der Waals surface area contributed by atoms with Crippen LogP contribution in [0.3, 0.4) is 0 Å². The first-order valence-electron chi connectivity index (χ1n) is 8.84. The number of hydrogen-bond acceptors (Lipinski definition) is 10. The molecular weight excluding hydrogens is 340 g/mol. The SMILES string of the molecule is CCCSC1=NC2C(=NNN2[C@H]2CC[C@@H](CCCN=O)C2)C(N=N)=N1. The van der Waals surface area contributed by atoms with E-state index in [0.717, 1.165) is 44.3 Å². The van der Waals surface area contributed by atoms with E-state index in [9.17, 15) is 4.91 Å². The van der Waals surface area contributed by atoms with Gasteiger partial charge in [-0.3, -0.25) is 0 Å². The van der Waals surface area contributed by atoms with Crippen LogP contribution in [0.4, 0.5) is 0 Å².